The Labute approximate surface area is 154 Å². The van der Waals surface area contributed by atoms with Gasteiger partial charge in [0.1, 0.15) is 12.1 Å². The van der Waals surface area contributed by atoms with E-state index in [1.54, 1.807) is 32.0 Å². The molecule has 0 spiro atoms. The van der Waals surface area contributed by atoms with Crippen molar-refractivity contribution in [2.75, 3.05) is 5.32 Å². The van der Waals surface area contributed by atoms with Crippen LogP contribution in [0.25, 0.3) is 10.8 Å². The molecule has 1 saturated heterocycles. The molecule has 2 unspecified atom stereocenters. The first kappa shape index (κ1) is 18.6. The van der Waals surface area contributed by atoms with Gasteiger partial charge in [-0.25, -0.2) is 9.48 Å². The number of rotatable bonds is 5. The minimum absolute atomic E-state index is 0.151. The summed E-state index contributed by atoms with van der Waals surface area (Å²) in [5.41, 5.74) is 0.669. The Balaban J connectivity index is 2.02. The number of anilines is 1. The number of nitrogens with zero attached hydrogens (tertiary/aromatic N) is 2. The maximum absolute atomic E-state index is 12.8. The number of nitrogens with one attached hydrogen (secondary N) is 2. The number of carboxylic acids is 1. The lowest BCUT2D eigenvalue weighted by Crippen LogP contribution is -2.45. The molecular formula is C18H20N4O5. The monoisotopic (exact) mass is 372 g/mol. The first-order chi connectivity index (χ1) is 12.8. The number of carboxylic acid groups (broad SMARTS) is 1. The fourth-order valence-corrected chi connectivity index (χ4v) is 3.17. The number of imide groups is 1. The molecule has 1 aliphatic heterocycles. The van der Waals surface area contributed by atoms with Crippen molar-refractivity contribution in [2.45, 2.75) is 45.2 Å². The number of hydrogen-bond acceptors (Lipinski definition) is 6. The molecule has 0 saturated carbocycles. The summed E-state index contributed by atoms with van der Waals surface area (Å²) in [7, 11) is 0. The first-order valence-electron chi connectivity index (χ1n) is 8.68. The van der Waals surface area contributed by atoms with Crippen LogP contribution in [0.4, 0.5) is 5.69 Å². The maximum atomic E-state index is 12.8. The first-order valence-corrected chi connectivity index (χ1v) is 8.68. The van der Waals surface area contributed by atoms with Gasteiger partial charge < -0.3 is 10.4 Å². The van der Waals surface area contributed by atoms with Crippen molar-refractivity contribution < 1.29 is 19.5 Å². The summed E-state index contributed by atoms with van der Waals surface area (Å²) in [5, 5.41) is 19.5. The lowest BCUT2D eigenvalue weighted by atomic mass is 10.1. The van der Waals surface area contributed by atoms with Gasteiger partial charge >= 0.3 is 5.97 Å². The molecule has 9 heteroatoms. The Hall–Kier alpha value is -3.23. The molecule has 2 amide bonds. The smallest absolute Gasteiger partial charge is 0.326 e. The third-order valence-corrected chi connectivity index (χ3v) is 4.66. The second-order valence-corrected chi connectivity index (χ2v) is 6.51. The Morgan fingerprint density at radius 2 is 2.11 bits per heavy atom. The molecule has 2 aromatic rings. The predicted octanol–water partition coefficient (Wildman–Crippen LogP) is 0.958. The molecule has 9 nitrogen and oxygen atoms in total. The van der Waals surface area contributed by atoms with E-state index < -0.39 is 29.5 Å². The molecule has 3 N–H and O–H groups in total. The molecule has 1 fully saturated rings. The van der Waals surface area contributed by atoms with E-state index in [2.05, 4.69) is 15.7 Å². The number of amides is 2. The second-order valence-electron chi connectivity index (χ2n) is 6.51. The highest BCUT2D eigenvalue weighted by molar-refractivity contribution is 5.99. The molecule has 2 heterocycles. The van der Waals surface area contributed by atoms with Gasteiger partial charge in [-0.15, -0.1) is 0 Å². The maximum Gasteiger partial charge on any atom is 0.326 e. The lowest BCUT2D eigenvalue weighted by molar-refractivity contribution is -0.138. The van der Waals surface area contributed by atoms with E-state index in [1.165, 1.54) is 0 Å². The SMILES string of the molecule is CCC(Nc1ccc2c(=O)n(C3CCC(=O)NC3=O)nc(C)c2c1)C(=O)O. The van der Waals surface area contributed by atoms with Gasteiger partial charge in [0, 0.05) is 17.5 Å². The molecule has 0 radical (unpaired) electrons. The Kier molecular flexibility index (Phi) is 4.93. The van der Waals surface area contributed by atoms with Crippen LogP contribution in [0.3, 0.4) is 0 Å². The fourth-order valence-electron chi connectivity index (χ4n) is 3.17. The zero-order valence-electron chi connectivity index (χ0n) is 15.0. The molecule has 3 rings (SSSR count). The van der Waals surface area contributed by atoms with Crippen LogP contribution in [0.15, 0.2) is 23.0 Å². The van der Waals surface area contributed by atoms with Gasteiger partial charge in [0.2, 0.25) is 5.91 Å². The van der Waals surface area contributed by atoms with E-state index in [0.717, 1.165) is 4.68 Å². The molecule has 142 valence electrons. The molecule has 1 aromatic heterocycles. The average molecular weight is 372 g/mol. The number of piperidine rings is 1. The zero-order chi connectivity index (χ0) is 19.7. The van der Waals surface area contributed by atoms with Crippen molar-refractivity contribution in [2.24, 2.45) is 0 Å². The highest BCUT2D eigenvalue weighted by Crippen LogP contribution is 2.22. The van der Waals surface area contributed by atoms with Gasteiger partial charge in [0.15, 0.2) is 0 Å². The molecule has 1 aliphatic rings. The van der Waals surface area contributed by atoms with Crippen LogP contribution >= 0.6 is 0 Å². The van der Waals surface area contributed by atoms with Gasteiger partial charge in [0.25, 0.3) is 11.5 Å². The standard InChI is InChI=1S/C18H20N4O5/c1-3-13(18(26)27)19-10-4-5-11-12(8-10)9(2)21-22(17(11)25)14-6-7-15(23)20-16(14)24/h4-5,8,13-14,19H,3,6-7H2,1-2H3,(H,26,27)(H,20,23,24). The predicted molar refractivity (Wildman–Crippen MR) is 97.5 cm³/mol. The van der Waals surface area contributed by atoms with Gasteiger partial charge in [-0.1, -0.05) is 6.92 Å². The van der Waals surface area contributed by atoms with Crippen LogP contribution in [0, 0.1) is 6.92 Å². The number of aliphatic carboxylic acids is 1. The van der Waals surface area contributed by atoms with Gasteiger partial charge in [0.05, 0.1) is 11.1 Å². The summed E-state index contributed by atoms with van der Waals surface area (Å²) in [4.78, 5) is 47.4. The topological polar surface area (TPSA) is 130 Å². The van der Waals surface area contributed by atoms with E-state index in [9.17, 15) is 24.3 Å². The molecular weight excluding hydrogens is 352 g/mol. The van der Waals surface area contributed by atoms with Crippen LogP contribution < -0.4 is 16.2 Å². The van der Waals surface area contributed by atoms with Crippen LogP contribution in [0.1, 0.15) is 37.9 Å². The third-order valence-electron chi connectivity index (χ3n) is 4.66. The summed E-state index contributed by atoms with van der Waals surface area (Å²) in [6.07, 6.45) is 0.777. The van der Waals surface area contributed by atoms with Crippen LogP contribution in [-0.2, 0) is 14.4 Å². The van der Waals surface area contributed by atoms with Gasteiger partial charge in [-0.2, -0.15) is 5.10 Å². The van der Waals surface area contributed by atoms with Crippen molar-refractivity contribution >= 4 is 34.2 Å². The van der Waals surface area contributed by atoms with Crippen LogP contribution in [0.2, 0.25) is 0 Å². The van der Waals surface area contributed by atoms with E-state index in [1.807, 2.05) is 0 Å². The normalized spacial score (nSPS) is 18.2. The molecule has 2 atom stereocenters. The van der Waals surface area contributed by atoms with Crippen molar-refractivity contribution in [3.63, 3.8) is 0 Å². The minimum Gasteiger partial charge on any atom is -0.480 e. The average Bonchev–Trinajstić information content (AvgIpc) is 2.62. The summed E-state index contributed by atoms with van der Waals surface area (Å²) in [5.74, 6) is -1.85. The Morgan fingerprint density at radius 3 is 2.74 bits per heavy atom. The van der Waals surface area contributed by atoms with Crippen molar-refractivity contribution in [1.29, 1.82) is 0 Å². The summed E-state index contributed by atoms with van der Waals surface area (Å²) < 4.78 is 1.12. The van der Waals surface area contributed by atoms with Crippen molar-refractivity contribution in [3.8, 4) is 0 Å². The molecule has 1 aromatic carbocycles. The van der Waals surface area contributed by atoms with Crippen LogP contribution in [-0.4, -0.2) is 38.7 Å². The van der Waals surface area contributed by atoms with Gasteiger partial charge in [-0.3, -0.25) is 19.7 Å². The van der Waals surface area contributed by atoms with Gasteiger partial charge in [-0.05, 0) is 38.0 Å². The number of carbonyl (C=O) groups excluding carboxylic acids is 2. The summed E-state index contributed by atoms with van der Waals surface area (Å²) in [6, 6.07) is 3.33. The quantitative estimate of drug-likeness (QED) is 0.666. The lowest BCUT2D eigenvalue weighted by Gasteiger charge is -2.22. The Morgan fingerprint density at radius 1 is 1.37 bits per heavy atom. The minimum atomic E-state index is -0.958. The highest BCUT2D eigenvalue weighted by Gasteiger charge is 2.30. The largest absolute Gasteiger partial charge is 0.480 e. The number of aromatic nitrogens is 2. The second kappa shape index (κ2) is 7.18. The fraction of sp³-hybridized carbons (Fsp3) is 0.389. The summed E-state index contributed by atoms with van der Waals surface area (Å²) >= 11 is 0. The Bertz CT molecular complexity index is 997. The zero-order valence-corrected chi connectivity index (χ0v) is 15.0. The number of aryl methyl sites for hydroxylation is 1. The van der Waals surface area contributed by atoms with Crippen molar-refractivity contribution in [1.82, 2.24) is 15.1 Å². The summed E-state index contributed by atoms with van der Waals surface area (Å²) in [6.45, 7) is 3.47. The number of carbonyl (C=O) groups is 3. The number of benzene rings is 1. The highest BCUT2D eigenvalue weighted by atomic mass is 16.4. The van der Waals surface area contributed by atoms with Crippen LogP contribution in [0.5, 0.6) is 0 Å². The van der Waals surface area contributed by atoms with E-state index in [4.69, 9.17) is 0 Å². The number of fused-ring (bicyclic) bond motifs is 1. The van der Waals surface area contributed by atoms with Crippen molar-refractivity contribution in [3.05, 3.63) is 34.2 Å². The van der Waals surface area contributed by atoms with E-state index in [-0.39, 0.29) is 18.7 Å². The molecule has 0 bridgehead atoms. The number of hydrogen-bond donors (Lipinski definition) is 3. The third kappa shape index (κ3) is 3.53. The van der Waals surface area contributed by atoms with E-state index in [0.29, 0.717) is 28.6 Å². The molecule has 0 aliphatic carbocycles. The molecule has 27 heavy (non-hydrogen) atoms. The van der Waals surface area contributed by atoms with E-state index >= 15 is 0 Å².